The molecule has 9 nitrogen and oxygen atoms in total. The van der Waals surface area contributed by atoms with E-state index in [4.69, 9.17) is 0 Å². The van der Waals surface area contributed by atoms with Gasteiger partial charge in [-0.05, 0) is 56.1 Å². The minimum absolute atomic E-state index is 0.0999. The van der Waals surface area contributed by atoms with Crippen molar-refractivity contribution in [3.8, 4) is 6.07 Å². The highest BCUT2D eigenvalue weighted by molar-refractivity contribution is 5.78. The summed E-state index contributed by atoms with van der Waals surface area (Å²) in [5, 5.41) is 28.4. The molecule has 2 atom stereocenters. The van der Waals surface area contributed by atoms with Gasteiger partial charge in [0, 0.05) is 19.3 Å². The number of halogens is 5. The van der Waals surface area contributed by atoms with Gasteiger partial charge in [-0.3, -0.25) is 4.79 Å². The monoisotopic (exact) mass is 554 g/mol. The third-order valence-corrected chi connectivity index (χ3v) is 8.35. The van der Waals surface area contributed by atoms with E-state index in [2.05, 4.69) is 26.8 Å². The first-order valence-corrected chi connectivity index (χ1v) is 12.8. The molecule has 0 radical (unpaired) electrons. The van der Waals surface area contributed by atoms with E-state index in [1.54, 1.807) is 6.07 Å². The standard InChI is InChI=1S/C25H27F5N6O3/c26-24(27)3-1-14(2-4-24)19(35-21(38)39)16-12-36-17(33-16)9-15(11-32-36)20(22(13-31)5-6-22)34-18(37)10-23(7-8-23)25(28,29)30/h9,11-12,14,19-20,35H,1-8,10H2,(H,34,37)(H,38,39)/t19-,20+/m0/s1. The molecule has 0 bridgehead atoms. The lowest BCUT2D eigenvalue weighted by Gasteiger charge is -2.32. The number of amides is 2. The number of nitrogens with zero attached hydrogens (tertiary/aromatic N) is 4. The van der Waals surface area contributed by atoms with E-state index >= 15 is 0 Å². The Labute approximate surface area is 219 Å². The zero-order valence-corrected chi connectivity index (χ0v) is 20.8. The van der Waals surface area contributed by atoms with Crippen LogP contribution in [0.3, 0.4) is 0 Å². The molecule has 5 rings (SSSR count). The lowest BCUT2D eigenvalue weighted by atomic mass is 9.81. The van der Waals surface area contributed by atoms with E-state index in [0.717, 1.165) is 0 Å². The summed E-state index contributed by atoms with van der Waals surface area (Å²) in [6, 6.07) is 1.96. The molecular weight excluding hydrogens is 527 g/mol. The molecule has 2 amide bonds. The van der Waals surface area contributed by atoms with E-state index in [1.165, 1.54) is 16.9 Å². The zero-order chi connectivity index (χ0) is 28.2. The van der Waals surface area contributed by atoms with Crippen LogP contribution in [0.2, 0.25) is 0 Å². The van der Waals surface area contributed by atoms with E-state index in [0.29, 0.717) is 18.4 Å². The van der Waals surface area contributed by atoms with Crippen LogP contribution in [0.5, 0.6) is 0 Å². The lowest BCUT2D eigenvalue weighted by molar-refractivity contribution is -0.190. The van der Waals surface area contributed by atoms with Crippen molar-refractivity contribution in [2.45, 2.75) is 82.0 Å². The SMILES string of the molecule is N#CC1([C@H](NC(=O)CC2(C(F)(F)F)CC2)c2cnn3cc([C@@H](NC(=O)O)C4CCC(F)(F)CC4)nc3c2)CC1. The molecule has 0 unspecified atom stereocenters. The second-order valence-electron chi connectivity index (χ2n) is 11.1. The molecule has 2 aromatic heterocycles. The summed E-state index contributed by atoms with van der Waals surface area (Å²) in [6.07, 6.45) is -3.55. The van der Waals surface area contributed by atoms with Gasteiger partial charge in [-0.25, -0.2) is 23.1 Å². The van der Waals surface area contributed by atoms with Gasteiger partial charge in [0.2, 0.25) is 11.8 Å². The number of aromatic nitrogens is 3. The largest absolute Gasteiger partial charge is 0.465 e. The summed E-state index contributed by atoms with van der Waals surface area (Å²) in [5.74, 6) is -4.01. The first-order chi connectivity index (χ1) is 18.3. The predicted molar refractivity (Wildman–Crippen MR) is 124 cm³/mol. The van der Waals surface area contributed by atoms with Crippen molar-refractivity contribution in [3.63, 3.8) is 0 Å². The number of carboxylic acid groups (broad SMARTS) is 1. The number of rotatable bonds is 8. The molecule has 0 saturated heterocycles. The van der Waals surface area contributed by atoms with Gasteiger partial charge >= 0.3 is 12.3 Å². The smallest absolute Gasteiger partial charge is 0.405 e. The zero-order valence-electron chi connectivity index (χ0n) is 20.8. The molecule has 0 spiro atoms. The number of nitriles is 1. The molecule has 3 aliphatic carbocycles. The van der Waals surface area contributed by atoms with Crippen molar-refractivity contribution in [2.24, 2.45) is 16.7 Å². The average molecular weight is 555 g/mol. The summed E-state index contributed by atoms with van der Waals surface area (Å²) in [6.45, 7) is 0. The van der Waals surface area contributed by atoms with Crippen molar-refractivity contribution in [1.29, 1.82) is 5.26 Å². The molecule has 3 saturated carbocycles. The van der Waals surface area contributed by atoms with Crippen LogP contribution in [0.4, 0.5) is 26.7 Å². The third-order valence-electron chi connectivity index (χ3n) is 8.35. The Morgan fingerprint density at radius 1 is 1.15 bits per heavy atom. The van der Waals surface area contributed by atoms with Crippen molar-refractivity contribution >= 4 is 17.6 Å². The van der Waals surface area contributed by atoms with Crippen LogP contribution in [0.25, 0.3) is 5.65 Å². The number of carbonyl (C=O) groups is 2. The van der Waals surface area contributed by atoms with Crippen molar-refractivity contribution in [3.05, 3.63) is 29.7 Å². The van der Waals surface area contributed by atoms with E-state index in [9.17, 15) is 41.9 Å². The average Bonchev–Trinajstić information content (AvgIpc) is 3.77. The first-order valence-electron chi connectivity index (χ1n) is 12.8. The van der Waals surface area contributed by atoms with Crippen LogP contribution in [-0.4, -0.2) is 43.8 Å². The number of imidazole rings is 1. The summed E-state index contributed by atoms with van der Waals surface area (Å²) >= 11 is 0. The fourth-order valence-electron chi connectivity index (χ4n) is 5.55. The van der Waals surface area contributed by atoms with Gasteiger partial charge in [0.15, 0.2) is 5.65 Å². The van der Waals surface area contributed by atoms with Crippen LogP contribution in [0, 0.1) is 28.1 Å². The summed E-state index contributed by atoms with van der Waals surface area (Å²) in [7, 11) is 0. The fourth-order valence-corrected chi connectivity index (χ4v) is 5.55. The molecule has 39 heavy (non-hydrogen) atoms. The molecule has 14 heteroatoms. The van der Waals surface area contributed by atoms with Gasteiger partial charge in [0.1, 0.15) is 0 Å². The van der Waals surface area contributed by atoms with E-state index in [-0.39, 0.29) is 49.9 Å². The normalized spacial score (nSPS) is 22.9. The summed E-state index contributed by atoms with van der Waals surface area (Å²) < 4.78 is 68.9. The molecule has 0 aliphatic heterocycles. The Bertz CT molecular complexity index is 1320. The van der Waals surface area contributed by atoms with Crippen LogP contribution in [0.15, 0.2) is 18.5 Å². The van der Waals surface area contributed by atoms with Crippen molar-refractivity contribution in [1.82, 2.24) is 25.2 Å². The molecule has 3 N–H and O–H groups in total. The Balaban J connectivity index is 1.41. The molecule has 3 fully saturated rings. The van der Waals surface area contributed by atoms with Gasteiger partial charge in [0.25, 0.3) is 0 Å². The van der Waals surface area contributed by atoms with Crippen molar-refractivity contribution < 1.29 is 36.6 Å². The second kappa shape index (κ2) is 9.31. The maximum absolute atomic E-state index is 13.7. The molecule has 2 aromatic rings. The summed E-state index contributed by atoms with van der Waals surface area (Å²) in [4.78, 5) is 28.7. The highest BCUT2D eigenvalue weighted by Crippen LogP contribution is 2.60. The van der Waals surface area contributed by atoms with Gasteiger partial charge in [0.05, 0.1) is 47.1 Å². The predicted octanol–water partition coefficient (Wildman–Crippen LogP) is 5.06. The topological polar surface area (TPSA) is 132 Å². The molecule has 2 heterocycles. The molecule has 3 aliphatic rings. The third kappa shape index (κ3) is 5.35. The number of hydrogen-bond donors (Lipinski definition) is 3. The van der Waals surface area contributed by atoms with Crippen LogP contribution >= 0.6 is 0 Å². The fraction of sp³-hybridized carbons (Fsp3) is 0.640. The highest BCUT2D eigenvalue weighted by Gasteiger charge is 2.64. The number of hydrogen-bond acceptors (Lipinski definition) is 5. The minimum Gasteiger partial charge on any atom is -0.465 e. The Hall–Kier alpha value is -3.50. The van der Waals surface area contributed by atoms with Crippen LogP contribution < -0.4 is 10.6 Å². The van der Waals surface area contributed by atoms with Gasteiger partial charge in [-0.2, -0.15) is 23.5 Å². The lowest BCUT2D eigenvalue weighted by Crippen LogP contribution is -2.38. The summed E-state index contributed by atoms with van der Waals surface area (Å²) in [5.41, 5.74) is -2.10. The Kier molecular flexibility index (Phi) is 6.46. The first kappa shape index (κ1) is 27.1. The van der Waals surface area contributed by atoms with Gasteiger partial charge < -0.3 is 15.7 Å². The van der Waals surface area contributed by atoms with Gasteiger partial charge in [-0.15, -0.1) is 0 Å². The van der Waals surface area contributed by atoms with Crippen molar-refractivity contribution in [2.75, 3.05) is 0 Å². The molecule has 210 valence electrons. The Morgan fingerprint density at radius 3 is 2.36 bits per heavy atom. The van der Waals surface area contributed by atoms with E-state index in [1.807, 2.05) is 0 Å². The van der Waals surface area contributed by atoms with Gasteiger partial charge in [-0.1, -0.05) is 0 Å². The second-order valence-corrected chi connectivity index (χ2v) is 11.1. The maximum atomic E-state index is 13.7. The quantitative estimate of drug-likeness (QED) is 0.391. The number of fused-ring (bicyclic) bond motifs is 1. The maximum Gasteiger partial charge on any atom is 0.405 e. The Morgan fingerprint density at radius 2 is 1.82 bits per heavy atom. The number of nitrogens with one attached hydrogen (secondary N) is 2. The number of carbonyl (C=O) groups excluding carboxylic acids is 1. The minimum atomic E-state index is -4.49. The highest BCUT2D eigenvalue weighted by atomic mass is 19.4. The van der Waals surface area contributed by atoms with Crippen LogP contribution in [-0.2, 0) is 4.79 Å². The van der Waals surface area contributed by atoms with E-state index < -0.39 is 59.4 Å². The molecule has 0 aromatic carbocycles. The molecular formula is C25H27F5N6O3. The number of alkyl halides is 5. The van der Waals surface area contributed by atoms with Crippen LogP contribution in [0.1, 0.15) is 81.1 Å².